The Labute approximate surface area is 213 Å². The van der Waals surface area contributed by atoms with Crippen molar-refractivity contribution < 1.29 is 25.5 Å². The summed E-state index contributed by atoms with van der Waals surface area (Å²) in [6.45, 7) is 14.9. The second-order valence-electron chi connectivity index (χ2n) is 14.7. The molecule has 10 unspecified atom stereocenters. The van der Waals surface area contributed by atoms with Gasteiger partial charge in [0, 0.05) is 6.61 Å². The van der Waals surface area contributed by atoms with Crippen LogP contribution in [-0.4, -0.2) is 56.1 Å². The highest BCUT2D eigenvalue weighted by atomic mass is 16.4. The summed E-state index contributed by atoms with van der Waals surface area (Å²) in [5.41, 5.74) is 0.448. The molecular weight excluding hydrogens is 440 g/mol. The Morgan fingerprint density at radius 1 is 1.00 bits per heavy atom. The van der Waals surface area contributed by atoms with Gasteiger partial charge < -0.3 is 25.5 Å². The van der Waals surface area contributed by atoms with Crippen molar-refractivity contribution >= 4 is 0 Å². The Bertz CT molecular complexity index is 829. The van der Waals surface area contributed by atoms with Crippen molar-refractivity contribution in [2.24, 2.45) is 45.3 Å². The van der Waals surface area contributed by atoms with E-state index in [4.69, 9.17) is 0 Å². The molecule has 0 bridgehead atoms. The lowest BCUT2D eigenvalue weighted by Gasteiger charge is -2.64. The molecule has 10 atom stereocenters. The first-order valence-corrected chi connectivity index (χ1v) is 14.1. The molecule has 5 N–H and O–H groups in total. The summed E-state index contributed by atoms with van der Waals surface area (Å²) in [6.07, 6.45) is 7.64. The van der Waals surface area contributed by atoms with E-state index < -0.39 is 17.8 Å². The Hall–Kier alpha value is -0.460. The molecule has 0 amide bonds. The summed E-state index contributed by atoms with van der Waals surface area (Å²) < 4.78 is 0. The molecule has 3 fully saturated rings. The van der Waals surface area contributed by atoms with Crippen molar-refractivity contribution in [2.45, 2.75) is 124 Å². The molecule has 5 heteroatoms. The van der Waals surface area contributed by atoms with Gasteiger partial charge in [-0.25, -0.2) is 0 Å². The highest BCUT2D eigenvalue weighted by Crippen LogP contribution is 2.73. The molecule has 5 nitrogen and oxygen atoms in total. The first kappa shape index (κ1) is 27.6. The van der Waals surface area contributed by atoms with E-state index in [1.54, 1.807) is 5.57 Å². The zero-order valence-corrected chi connectivity index (χ0v) is 23.2. The largest absolute Gasteiger partial charge is 0.396 e. The molecule has 0 spiro atoms. The maximum atomic E-state index is 10.8. The molecule has 4 aliphatic rings. The van der Waals surface area contributed by atoms with Crippen LogP contribution in [0.1, 0.15) is 99.8 Å². The molecule has 0 aliphatic heterocycles. The lowest BCUT2D eigenvalue weighted by atomic mass is 9.41. The number of hydrogen-bond donors (Lipinski definition) is 5. The quantitative estimate of drug-likeness (QED) is 0.353. The summed E-state index contributed by atoms with van der Waals surface area (Å²) >= 11 is 0. The molecule has 3 saturated carbocycles. The summed E-state index contributed by atoms with van der Waals surface area (Å²) in [7, 11) is 0. The van der Waals surface area contributed by atoms with Crippen molar-refractivity contribution in [2.75, 3.05) is 6.61 Å². The van der Waals surface area contributed by atoms with E-state index in [1.807, 2.05) is 0 Å². The zero-order chi connectivity index (χ0) is 26.2. The summed E-state index contributed by atoms with van der Waals surface area (Å²) in [5, 5.41) is 52.6. The molecule has 0 saturated heterocycles. The molecule has 202 valence electrons. The molecule has 0 aromatic heterocycles. The smallest absolute Gasteiger partial charge is 0.108 e. The van der Waals surface area contributed by atoms with Crippen molar-refractivity contribution in [1.29, 1.82) is 0 Å². The van der Waals surface area contributed by atoms with E-state index >= 15 is 0 Å². The number of aliphatic hydroxyl groups excluding tert-OH is 4. The van der Waals surface area contributed by atoms with Gasteiger partial charge in [0.05, 0.1) is 17.8 Å². The number of aliphatic hydroxyl groups is 5. The Balaban J connectivity index is 1.62. The molecule has 0 aromatic rings. The third-order valence-electron chi connectivity index (χ3n) is 12.3. The van der Waals surface area contributed by atoms with Crippen LogP contribution in [0.3, 0.4) is 0 Å². The van der Waals surface area contributed by atoms with Crippen molar-refractivity contribution in [1.82, 2.24) is 0 Å². The number of fused-ring (bicyclic) bond motifs is 5. The average Bonchev–Trinajstić information content (AvgIpc) is 3.05. The number of allylic oxidation sites excluding steroid dienone is 2. The van der Waals surface area contributed by atoms with Gasteiger partial charge in [-0.1, -0.05) is 46.3 Å². The maximum absolute atomic E-state index is 10.8. The van der Waals surface area contributed by atoms with Crippen molar-refractivity contribution in [3.05, 3.63) is 11.6 Å². The lowest BCUT2D eigenvalue weighted by Crippen LogP contribution is -2.58. The van der Waals surface area contributed by atoms with Gasteiger partial charge in [-0.15, -0.1) is 0 Å². The molecule has 0 aromatic carbocycles. The predicted octanol–water partition coefficient (Wildman–Crippen LogP) is 4.44. The van der Waals surface area contributed by atoms with E-state index in [0.29, 0.717) is 18.3 Å². The van der Waals surface area contributed by atoms with Crippen LogP contribution in [-0.2, 0) is 0 Å². The molecular formula is C30H52O5. The van der Waals surface area contributed by atoms with Crippen LogP contribution in [0.25, 0.3) is 0 Å². The fraction of sp³-hybridized carbons (Fsp3) is 0.933. The molecule has 0 radical (unpaired) electrons. The third-order valence-corrected chi connectivity index (χ3v) is 12.3. The normalized spacial score (nSPS) is 45.5. The Morgan fingerprint density at radius 2 is 1.66 bits per heavy atom. The molecule has 0 heterocycles. The van der Waals surface area contributed by atoms with E-state index in [9.17, 15) is 25.5 Å². The van der Waals surface area contributed by atoms with Crippen molar-refractivity contribution in [3.63, 3.8) is 0 Å². The minimum atomic E-state index is -1.38. The highest BCUT2D eigenvalue weighted by molar-refractivity contribution is 5.33. The van der Waals surface area contributed by atoms with Crippen molar-refractivity contribution in [3.8, 4) is 0 Å². The number of hydrogen-bond acceptors (Lipinski definition) is 5. The minimum Gasteiger partial charge on any atom is -0.396 e. The lowest BCUT2D eigenvalue weighted by molar-refractivity contribution is -0.134. The van der Waals surface area contributed by atoms with E-state index in [2.05, 4.69) is 40.7 Å². The van der Waals surface area contributed by atoms with Gasteiger partial charge in [-0.2, -0.15) is 0 Å². The van der Waals surface area contributed by atoms with Gasteiger partial charge >= 0.3 is 0 Å². The van der Waals surface area contributed by atoms with Gasteiger partial charge in [-0.3, -0.25) is 0 Å². The monoisotopic (exact) mass is 492 g/mol. The molecule has 35 heavy (non-hydrogen) atoms. The standard InChI is InChI=1S/C30H52O5/c1-26(2)23-9-8-21-20(28(23,5)13-12-24(26)33)11-15-29(6)19(10-14-30(21,29)7)18(17-31)16-22(32)25(34)27(3,4)35/h8,18-20,22-25,31-35H,9-17H2,1-7H3. The SMILES string of the molecule is CC(C)(O)C(O)C(O)CC(CO)C1CCC2(C)C3=CCC4C(C)(C)C(O)CCC4(C)C3CCC12C. The zero-order valence-electron chi connectivity index (χ0n) is 23.2. The van der Waals surface area contributed by atoms with Gasteiger partial charge in [0.25, 0.3) is 0 Å². The van der Waals surface area contributed by atoms with Crippen LogP contribution >= 0.6 is 0 Å². The second-order valence-corrected chi connectivity index (χ2v) is 14.7. The second kappa shape index (κ2) is 8.80. The maximum Gasteiger partial charge on any atom is 0.108 e. The minimum absolute atomic E-state index is 0.0136. The fourth-order valence-corrected chi connectivity index (χ4v) is 9.77. The van der Waals surface area contributed by atoms with E-state index in [1.165, 1.54) is 13.8 Å². The topological polar surface area (TPSA) is 101 Å². The van der Waals surface area contributed by atoms with Gasteiger partial charge in [0.15, 0.2) is 0 Å². The van der Waals surface area contributed by atoms with E-state index in [-0.39, 0.29) is 46.2 Å². The molecule has 4 aliphatic carbocycles. The Morgan fingerprint density at radius 3 is 2.26 bits per heavy atom. The number of rotatable bonds is 6. The van der Waals surface area contributed by atoms with Crippen LogP contribution in [0.4, 0.5) is 0 Å². The summed E-state index contributed by atoms with van der Waals surface area (Å²) in [4.78, 5) is 0. The summed E-state index contributed by atoms with van der Waals surface area (Å²) in [6, 6.07) is 0. The van der Waals surface area contributed by atoms with Crippen LogP contribution in [0.15, 0.2) is 11.6 Å². The van der Waals surface area contributed by atoms with Gasteiger partial charge in [0.1, 0.15) is 6.10 Å². The van der Waals surface area contributed by atoms with Crippen LogP contribution in [0.5, 0.6) is 0 Å². The average molecular weight is 493 g/mol. The van der Waals surface area contributed by atoms with Crippen LogP contribution in [0, 0.1) is 45.3 Å². The van der Waals surface area contributed by atoms with E-state index in [0.717, 1.165) is 44.9 Å². The fourth-order valence-electron chi connectivity index (χ4n) is 9.77. The van der Waals surface area contributed by atoms with Crippen LogP contribution < -0.4 is 0 Å². The third kappa shape index (κ3) is 3.98. The van der Waals surface area contributed by atoms with Gasteiger partial charge in [0.2, 0.25) is 0 Å². The highest BCUT2D eigenvalue weighted by Gasteiger charge is 2.65. The van der Waals surface area contributed by atoms with Gasteiger partial charge in [-0.05, 0) is 111 Å². The predicted molar refractivity (Wildman–Crippen MR) is 138 cm³/mol. The first-order valence-electron chi connectivity index (χ1n) is 14.1. The first-order chi connectivity index (χ1) is 16.0. The van der Waals surface area contributed by atoms with Crippen LogP contribution in [0.2, 0.25) is 0 Å². The summed E-state index contributed by atoms with van der Waals surface area (Å²) in [5.74, 6) is 1.18. The molecule has 4 rings (SSSR count). The Kier molecular flexibility index (Phi) is 6.93.